The van der Waals surface area contributed by atoms with E-state index in [2.05, 4.69) is 15.9 Å². The number of carbonyl (C=O) groups excluding carboxylic acids is 1. The van der Waals surface area contributed by atoms with Gasteiger partial charge in [-0.2, -0.15) is 0 Å². The Bertz CT molecular complexity index is 658. The molecule has 0 heterocycles. The van der Waals surface area contributed by atoms with Crippen molar-refractivity contribution in [1.82, 2.24) is 0 Å². The first-order valence-corrected chi connectivity index (χ1v) is 7.71. The van der Waals surface area contributed by atoms with Crippen molar-refractivity contribution in [1.29, 1.82) is 0 Å². The Morgan fingerprint density at radius 3 is 2.50 bits per heavy atom. The van der Waals surface area contributed by atoms with Crippen LogP contribution >= 0.6 is 15.9 Å². The van der Waals surface area contributed by atoms with Crippen LogP contribution in [0.25, 0.3) is 0 Å². The van der Waals surface area contributed by atoms with E-state index in [9.17, 15) is 4.79 Å². The summed E-state index contributed by atoms with van der Waals surface area (Å²) in [6.45, 7) is 2.42. The minimum atomic E-state index is -0.117. The maximum Gasteiger partial charge on any atom is 0.258 e. The first-order chi connectivity index (χ1) is 10.6. The van der Waals surface area contributed by atoms with Gasteiger partial charge in [0.05, 0.1) is 18.2 Å². The fraction of sp³-hybridized carbons (Fsp3) is 0.235. The van der Waals surface area contributed by atoms with Crippen molar-refractivity contribution in [3.63, 3.8) is 0 Å². The van der Waals surface area contributed by atoms with Crippen molar-refractivity contribution in [2.75, 3.05) is 25.7 Å². The van der Waals surface area contributed by atoms with Gasteiger partial charge in [-0.3, -0.25) is 4.79 Å². The topological polar surface area (TPSA) is 38.8 Å². The number of amides is 1. The highest BCUT2D eigenvalue weighted by atomic mass is 79.9. The number of carbonyl (C=O) groups is 1. The Labute approximate surface area is 138 Å². The summed E-state index contributed by atoms with van der Waals surface area (Å²) in [5.41, 5.74) is 1.36. The quantitative estimate of drug-likeness (QED) is 0.801. The number of halogens is 1. The molecule has 2 rings (SSSR count). The molecule has 5 heteroatoms. The number of anilines is 1. The maximum absolute atomic E-state index is 12.6. The zero-order valence-corrected chi connectivity index (χ0v) is 14.4. The fourth-order valence-electron chi connectivity index (χ4n) is 2.09. The van der Waals surface area contributed by atoms with Gasteiger partial charge in [-0.15, -0.1) is 0 Å². The zero-order chi connectivity index (χ0) is 16.1. The Hall–Kier alpha value is -2.01. The van der Waals surface area contributed by atoms with Gasteiger partial charge in [0.1, 0.15) is 0 Å². The standard InChI is InChI=1S/C17H18BrNO3/c1-4-22-16-14(18)10-12(11-15(16)21-3)17(20)19(2)13-8-6-5-7-9-13/h5-11H,4H2,1-3H3. The summed E-state index contributed by atoms with van der Waals surface area (Å²) in [6, 6.07) is 12.9. The maximum atomic E-state index is 12.6. The van der Waals surface area contributed by atoms with E-state index in [4.69, 9.17) is 9.47 Å². The van der Waals surface area contributed by atoms with Crippen LogP contribution in [0.2, 0.25) is 0 Å². The first-order valence-electron chi connectivity index (χ1n) is 6.92. The molecule has 0 radical (unpaired) electrons. The van der Waals surface area contributed by atoms with E-state index < -0.39 is 0 Å². The van der Waals surface area contributed by atoms with Crippen molar-refractivity contribution < 1.29 is 14.3 Å². The average Bonchev–Trinajstić information content (AvgIpc) is 2.56. The van der Waals surface area contributed by atoms with E-state index in [1.807, 2.05) is 37.3 Å². The molecule has 4 nitrogen and oxygen atoms in total. The summed E-state index contributed by atoms with van der Waals surface area (Å²) in [5.74, 6) is 1.01. The highest BCUT2D eigenvalue weighted by molar-refractivity contribution is 9.10. The molecular formula is C17H18BrNO3. The minimum Gasteiger partial charge on any atom is -0.493 e. The van der Waals surface area contributed by atoms with Crippen LogP contribution < -0.4 is 14.4 Å². The smallest absolute Gasteiger partial charge is 0.258 e. The summed E-state index contributed by atoms with van der Waals surface area (Å²) < 4.78 is 11.6. The molecule has 0 N–H and O–H groups in total. The number of ether oxygens (including phenoxy) is 2. The van der Waals surface area contributed by atoms with E-state index in [1.54, 1.807) is 31.2 Å². The molecule has 22 heavy (non-hydrogen) atoms. The van der Waals surface area contributed by atoms with Gasteiger partial charge >= 0.3 is 0 Å². The lowest BCUT2D eigenvalue weighted by Gasteiger charge is -2.19. The molecule has 0 spiro atoms. The highest BCUT2D eigenvalue weighted by Gasteiger charge is 2.18. The number of benzene rings is 2. The second kappa shape index (κ2) is 7.31. The molecule has 2 aromatic carbocycles. The lowest BCUT2D eigenvalue weighted by molar-refractivity contribution is 0.0992. The van der Waals surface area contributed by atoms with Crippen LogP contribution in [0.3, 0.4) is 0 Å². The number of hydrogen-bond acceptors (Lipinski definition) is 3. The summed E-state index contributed by atoms with van der Waals surface area (Å²) >= 11 is 3.44. The van der Waals surface area contributed by atoms with Crippen LogP contribution in [-0.2, 0) is 0 Å². The molecule has 0 saturated carbocycles. The third-order valence-electron chi connectivity index (χ3n) is 3.21. The normalized spacial score (nSPS) is 10.2. The van der Waals surface area contributed by atoms with Crippen LogP contribution in [0.5, 0.6) is 11.5 Å². The lowest BCUT2D eigenvalue weighted by atomic mass is 10.1. The molecular weight excluding hydrogens is 346 g/mol. The van der Waals surface area contributed by atoms with Gasteiger partial charge in [0.15, 0.2) is 11.5 Å². The van der Waals surface area contributed by atoms with Crippen molar-refractivity contribution in [2.45, 2.75) is 6.92 Å². The number of methoxy groups -OCH3 is 1. The van der Waals surface area contributed by atoms with E-state index >= 15 is 0 Å². The Balaban J connectivity index is 2.36. The predicted octanol–water partition coefficient (Wildman–Crippen LogP) is 4.13. The van der Waals surface area contributed by atoms with Gasteiger partial charge in [-0.05, 0) is 47.1 Å². The molecule has 0 unspecified atom stereocenters. The van der Waals surface area contributed by atoms with Gasteiger partial charge in [0, 0.05) is 18.3 Å². The van der Waals surface area contributed by atoms with E-state index in [-0.39, 0.29) is 5.91 Å². The fourth-order valence-corrected chi connectivity index (χ4v) is 2.65. The second-order valence-electron chi connectivity index (χ2n) is 4.62. The highest BCUT2D eigenvalue weighted by Crippen LogP contribution is 2.37. The molecule has 0 aliphatic heterocycles. The number of hydrogen-bond donors (Lipinski definition) is 0. The summed E-state index contributed by atoms with van der Waals surface area (Å²) in [4.78, 5) is 14.2. The van der Waals surface area contributed by atoms with Crippen molar-refractivity contribution in [3.8, 4) is 11.5 Å². The molecule has 2 aromatic rings. The van der Waals surface area contributed by atoms with Gasteiger partial charge in [0.25, 0.3) is 5.91 Å². The Morgan fingerprint density at radius 1 is 1.23 bits per heavy atom. The minimum absolute atomic E-state index is 0.117. The molecule has 0 fully saturated rings. The van der Waals surface area contributed by atoms with Gasteiger partial charge in [-0.25, -0.2) is 0 Å². The number of para-hydroxylation sites is 1. The summed E-state index contributed by atoms with van der Waals surface area (Å²) in [7, 11) is 3.30. The van der Waals surface area contributed by atoms with Crippen LogP contribution in [0.15, 0.2) is 46.9 Å². The zero-order valence-electron chi connectivity index (χ0n) is 12.8. The molecule has 1 amide bonds. The van der Waals surface area contributed by atoms with Gasteiger partial charge in [0.2, 0.25) is 0 Å². The van der Waals surface area contributed by atoms with Crippen molar-refractivity contribution in [3.05, 3.63) is 52.5 Å². The van der Waals surface area contributed by atoms with Crippen molar-refractivity contribution >= 4 is 27.5 Å². The van der Waals surface area contributed by atoms with Crippen LogP contribution in [0.4, 0.5) is 5.69 Å². The monoisotopic (exact) mass is 363 g/mol. The molecule has 0 saturated heterocycles. The largest absolute Gasteiger partial charge is 0.493 e. The van der Waals surface area contributed by atoms with E-state index in [1.165, 1.54) is 0 Å². The molecule has 0 aliphatic rings. The van der Waals surface area contributed by atoms with Crippen LogP contribution in [0.1, 0.15) is 17.3 Å². The molecule has 0 aromatic heterocycles. The number of rotatable bonds is 5. The average molecular weight is 364 g/mol. The van der Waals surface area contributed by atoms with Gasteiger partial charge < -0.3 is 14.4 Å². The predicted molar refractivity (Wildman–Crippen MR) is 91.0 cm³/mol. The summed E-state index contributed by atoms with van der Waals surface area (Å²) in [6.07, 6.45) is 0. The molecule has 116 valence electrons. The number of nitrogens with zero attached hydrogens (tertiary/aromatic N) is 1. The van der Waals surface area contributed by atoms with Crippen molar-refractivity contribution in [2.24, 2.45) is 0 Å². The van der Waals surface area contributed by atoms with Crippen LogP contribution in [0, 0.1) is 0 Å². The third kappa shape index (κ3) is 3.42. The second-order valence-corrected chi connectivity index (χ2v) is 5.48. The van der Waals surface area contributed by atoms with E-state index in [0.717, 1.165) is 5.69 Å². The first kappa shape index (κ1) is 16.4. The molecule has 0 aliphatic carbocycles. The lowest BCUT2D eigenvalue weighted by Crippen LogP contribution is -2.26. The molecule has 0 bridgehead atoms. The summed E-state index contributed by atoms with van der Waals surface area (Å²) in [5, 5.41) is 0. The third-order valence-corrected chi connectivity index (χ3v) is 3.80. The van der Waals surface area contributed by atoms with Crippen LogP contribution in [-0.4, -0.2) is 26.7 Å². The SMILES string of the molecule is CCOc1c(Br)cc(C(=O)N(C)c2ccccc2)cc1OC. The molecule has 0 atom stereocenters. The Kier molecular flexibility index (Phi) is 5.44. The Morgan fingerprint density at radius 2 is 1.91 bits per heavy atom. The van der Waals surface area contributed by atoms with Gasteiger partial charge in [-0.1, -0.05) is 18.2 Å². The van der Waals surface area contributed by atoms with E-state index in [0.29, 0.717) is 28.1 Å².